The number of carbonyl (C=O) groups excluding carboxylic acids is 1. The van der Waals surface area contributed by atoms with Gasteiger partial charge >= 0.3 is 5.97 Å². The third kappa shape index (κ3) is 3.65. The third-order valence-corrected chi connectivity index (χ3v) is 3.72. The number of aliphatic carboxylic acids is 1. The Morgan fingerprint density at radius 2 is 2.21 bits per heavy atom. The van der Waals surface area contributed by atoms with Gasteiger partial charge in [0.15, 0.2) is 0 Å². The molecular weight excluding hydrogens is 266 g/mol. The van der Waals surface area contributed by atoms with E-state index >= 15 is 0 Å². The predicted octanol–water partition coefficient (Wildman–Crippen LogP) is 1.71. The molecule has 2 heterocycles. The minimum atomic E-state index is -1.02. The Morgan fingerprint density at radius 3 is 3.00 bits per heavy atom. The molecule has 1 saturated heterocycles. The molecule has 1 aliphatic heterocycles. The van der Waals surface area contributed by atoms with E-state index in [-0.39, 0.29) is 5.91 Å². The maximum atomic E-state index is 12.4. The first-order valence-corrected chi connectivity index (χ1v) is 6.92. The third-order valence-electron chi connectivity index (χ3n) is 2.80. The molecule has 19 heavy (non-hydrogen) atoms. The number of carboxylic acid groups (broad SMARTS) is 1. The molecule has 5 nitrogen and oxygen atoms in total. The number of hydrogen-bond donors (Lipinski definition) is 1. The maximum absolute atomic E-state index is 12.4. The van der Waals surface area contributed by atoms with Crippen molar-refractivity contribution < 1.29 is 19.4 Å². The van der Waals surface area contributed by atoms with Crippen molar-refractivity contribution in [2.24, 2.45) is 0 Å². The number of ether oxygens (including phenoxy) is 1. The number of amides is 1. The van der Waals surface area contributed by atoms with Gasteiger partial charge in [-0.2, -0.15) is 0 Å². The van der Waals surface area contributed by atoms with Gasteiger partial charge in [0, 0.05) is 25.8 Å². The number of thiophene rings is 1. The molecule has 0 saturated carbocycles. The Morgan fingerprint density at radius 1 is 1.37 bits per heavy atom. The van der Waals surface area contributed by atoms with Gasteiger partial charge in [0.05, 0.1) is 11.5 Å². The van der Waals surface area contributed by atoms with Crippen LogP contribution in [0.3, 0.4) is 0 Å². The molecule has 1 fully saturated rings. The van der Waals surface area contributed by atoms with Crippen LogP contribution in [0.5, 0.6) is 0 Å². The lowest BCUT2D eigenvalue weighted by atomic mass is 10.2. The van der Waals surface area contributed by atoms with Gasteiger partial charge in [0.1, 0.15) is 0 Å². The van der Waals surface area contributed by atoms with Crippen LogP contribution >= 0.6 is 11.3 Å². The summed E-state index contributed by atoms with van der Waals surface area (Å²) in [6.07, 6.45) is 3.34. The van der Waals surface area contributed by atoms with Crippen LogP contribution in [0.2, 0.25) is 0 Å². The molecule has 1 aromatic heterocycles. The summed E-state index contributed by atoms with van der Waals surface area (Å²) in [4.78, 5) is 25.2. The molecule has 1 N–H and O–H groups in total. The summed E-state index contributed by atoms with van der Waals surface area (Å²) in [5.74, 6) is -1.07. The van der Waals surface area contributed by atoms with Gasteiger partial charge < -0.3 is 14.7 Å². The summed E-state index contributed by atoms with van der Waals surface area (Å²) in [5, 5.41) is 10.4. The predicted molar refractivity (Wildman–Crippen MR) is 72.3 cm³/mol. The Labute approximate surface area is 115 Å². The van der Waals surface area contributed by atoms with Crippen molar-refractivity contribution in [3.8, 4) is 0 Å². The monoisotopic (exact) mass is 281 g/mol. The summed E-state index contributed by atoms with van der Waals surface area (Å²) in [5.41, 5.74) is 0.655. The van der Waals surface area contributed by atoms with Gasteiger partial charge in [-0.3, -0.25) is 4.79 Å². The molecule has 102 valence electrons. The Hall–Kier alpha value is -1.66. The Kier molecular flexibility index (Phi) is 4.70. The van der Waals surface area contributed by atoms with E-state index in [2.05, 4.69) is 0 Å². The van der Waals surface area contributed by atoms with Crippen molar-refractivity contribution >= 4 is 29.3 Å². The first-order valence-electron chi connectivity index (χ1n) is 6.04. The van der Waals surface area contributed by atoms with Gasteiger partial charge in [0.25, 0.3) is 5.91 Å². The fourth-order valence-electron chi connectivity index (χ4n) is 1.88. The van der Waals surface area contributed by atoms with Crippen LogP contribution in [-0.4, -0.2) is 48.2 Å². The fraction of sp³-hybridized carbons (Fsp3) is 0.385. The quantitative estimate of drug-likeness (QED) is 0.856. The molecule has 0 aliphatic carbocycles. The van der Waals surface area contributed by atoms with Crippen LogP contribution in [-0.2, 0) is 9.53 Å². The minimum Gasteiger partial charge on any atom is -0.478 e. The Balaban J connectivity index is 2.14. The van der Waals surface area contributed by atoms with Crippen molar-refractivity contribution in [2.45, 2.75) is 6.42 Å². The molecule has 0 radical (unpaired) electrons. The molecule has 1 amide bonds. The van der Waals surface area contributed by atoms with Gasteiger partial charge in [0.2, 0.25) is 0 Å². The number of nitrogens with zero attached hydrogens (tertiary/aromatic N) is 1. The van der Waals surface area contributed by atoms with Gasteiger partial charge in [-0.1, -0.05) is 0 Å². The lowest BCUT2D eigenvalue weighted by molar-refractivity contribution is -0.131. The van der Waals surface area contributed by atoms with Crippen molar-refractivity contribution in [1.29, 1.82) is 0 Å². The van der Waals surface area contributed by atoms with Crippen LogP contribution in [0, 0.1) is 0 Å². The van der Waals surface area contributed by atoms with Gasteiger partial charge in [-0.05, 0) is 29.5 Å². The summed E-state index contributed by atoms with van der Waals surface area (Å²) in [6.45, 7) is 2.50. The second-order valence-electron chi connectivity index (χ2n) is 4.13. The summed E-state index contributed by atoms with van der Waals surface area (Å²) < 4.78 is 5.32. The van der Waals surface area contributed by atoms with E-state index in [9.17, 15) is 9.59 Å². The zero-order chi connectivity index (χ0) is 13.7. The number of carbonyl (C=O) groups is 2. The van der Waals surface area contributed by atoms with E-state index in [1.807, 2.05) is 0 Å². The SMILES string of the molecule is O=C(O)C=Cc1ccsc1C(=O)N1CCCOCC1. The normalized spacial score (nSPS) is 16.5. The largest absolute Gasteiger partial charge is 0.478 e. The van der Waals surface area contributed by atoms with Crippen molar-refractivity contribution in [3.63, 3.8) is 0 Å². The minimum absolute atomic E-state index is 0.0504. The molecule has 0 atom stereocenters. The van der Waals surface area contributed by atoms with E-state index in [4.69, 9.17) is 9.84 Å². The number of hydrogen-bond acceptors (Lipinski definition) is 4. The van der Waals surface area contributed by atoms with E-state index in [0.29, 0.717) is 36.7 Å². The molecule has 1 aliphatic rings. The molecule has 0 bridgehead atoms. The Bertz CT molecular complexity index is 487. The highest BCUT2D eigenvalue weighted by atomic mass is 32.1. The highest BCUT2D eigenvalue weighted by Crippen LogP contribution is 2.21. The molecule has 0 aromatic carbocycles. The fourth-order valence-corrected chi connectivity index (χ4v) is 2.73. The van der Waals surface area contributed by atoms with Crippen LogP contribution in [0.15, 0.2) is 17.5 Å². The molecule has 2 rings (SSSR count). The van der Waals surface area contributed by atoms with Crippen LogP contribution in [0.4, 0.5) is 0 Å². The second-order valence-corrected chi connectivity index (χ2v) is 5.05. The summed E-state index contributed by atoms with van der Waals surface area (Å²) >= 11 is 1.33. The van der Waals surface area contributed by atoms with Gasteiger partial charge in [-0.15, -0.1) is 11.3 Å². The van der Waals surface area contributed by atoms with Crippen molar-refractivity contribution in [2.75, 3.05) is 26.3 Å². The van der Waals surface area contributed by atoms with Crippen LogP contribution in [0.1, 0.15) is 21.7 Å². The van der Waals surface area contributed by atoms with Crippen molar-refractivity contribution in [1.82, 2.24) is 4.90 Å². The van der Waals surface area contributed by atoms with Crippen LogP contribution < -0.4 is 0 Å². The van der Waals surface area contributed by atoms with Crippen molar-refractivity contribution in [3.05, 3.63) is 28.0 Å². The summed E-state index contributed by atoms with van der Waals surface area (Å²) in [6, 6.07) is 1.76. The van der Waals surface area contributed by atoms with E-state index in [1.54, 1.807) is 16.3 Å². The van der Waals surface area contributed by atoms with E-state index < -0.39 is 5.97 Å². The lowest BCUT2D eigenvalue weighted by Crippen LogP contribution is -2.33. The first kappa shape index (κ1) is 13.8. The molecule has 1 aromatic rings. The average molecular weight is 281 g/mol. The summed E-state index contributed by atoms with van der Waals surface area (Å²) in [7, 11) is 0. The van der Waals surface area contributed by atoms with Gasteiger partial charge in [-0.25, -0.2) is 4.79 Å². The standard InChI is InChI=1S/C13H15NO4S/c15-11(16)3-2-10-4-9-19-12(10)13(17)14-5-1-7-18-8-6-14/h2-4,9H,1,5-8H2,(H,15,16). The molecular formula is C13H15NO4S. The zero-order valence-electron chi connectivity index (χ0n) is 10.4. The topological polar surface area (TPSA) is 66.8 Å². The highest BCUT2D eigenvalue weighted by Gasteiger charge is 2.20. The number of rotatable bonds is 3. The highest BCUT2D eigenvalue weighted by molar-refractivity contribution is 7.12. The molecule has 6 heteroatoms. The lowest BCUT2D eigenvalue weighted by Gasteiger charge is -2.19. The zero-order valence-corrected chi connectivity index (χ0v) is 11.2. The first-order chi connectivity index (χ1) is 9.18. The maximum Gasteiger partial charge on any atom is 0.328 e. The smallest absolute Gasteiger partial charge is 0.328 e. The average Bonchev–Trinajstić information content (AvgIpc) is 2.68. The van der Waals surface area contributed by atoms with E-state index in [0.717, 1.165) is 12.5 Å². The van der Waals surface area contributed by atoms with E-state index in [1.165, 1.54) is 17.4 Å². The second kappa shape index (κ2) is 6.49. The molecule has 0 spiro atoms. The van der Waals surface area contributed by atoms with Crippen LogP contribution in [0.25, 0.3) is 6.08 Å². The number of carboxylic acids is 1. The molecule has 0 unspecified atom stereocenters.